The van der Waals surface area contributed by atoms with Crippen LogP contribution in [0.4, 0.5) is 0 Å². The van der Waals surface area contributed by atoms with Gasteiger partial charge in [-0.1, -0.05) is 35.9 Å². The molecule has 0 atom stereocenters. The van der Waals surface area contributed by atoms with Crippen molar-refractivity contribution >= 4 is 16.9 Å². The molecule has 0 unspecified atom stereocenters. The zero-order chi connectivity index (χ0) is 15.0. The van der Waals surface area contributed by atoms with Crippen molar-refractivity contribution in [2.75, 3.05) is 0 Å². The minimum absolute atomic E-state index is 0.00730. The summed E-state index contributed by atoms with van der Waals surface area (Å²) < 4.78 is 5.68. The van der Waals surface area contributed by atoms with Crippen LogP contribution in [0.25, 0.3) is 22.3 Å². The van der Waals surface area contributed by atoms with E-state index in [-0.39, 0.29) is 16.8 Å². The van der Waals surface area contributed by atoms with Gasteiger partial charge in [0.25, 0.3) is 0 Å². The van der Waals surface area contributed by atoms with Gasteiger partial charge in [0.2, 0.25) is 0 Å². The zero-order valence-corrected chi connectivity index (χ0v) is 11.3. The van der Waals surface area contributed by atoms with Crippen LogP contribution in [0.15, 0.2) is 57.7 Å². The first-order chi connectivity index (χ1) is 10.1. The molecule has 0 spiro atoms. The molecule has 2 aromatic carbocycles. The molecule has 3 aromatic rings. The Morgan fingerprint density at radius 2 is 1.86 bits per heavy atom. The number of aryl methyl sites for hydroxylation is 1. The largest absolute Gasteiger partial charge is 0.545 e. The number of carboxylic acid groups (broad SMARTS) is 1. The number of carbonyl (C=O) groups excluding carboxylic acids is 1. The van der Waals surface area contributed by atoms with Crippen molar-refractivity contribution in [3.63, 3.8) is 0 Å². The molecule has 1 aromatic heterocycles. The summed E-state index contributed by atoms with van der Waals surface area (Å²) in [6, 6.07) is 12.9. The van der Waals surface area contributed by atoms with Crippen LogP contribution in [0.3, 0.4) is 0 Å². The van der Waals surface area contributed by atoms with Crippen molar-refractivity contribution in [3.8, 4) is 11.3 Å². The molecule has 0 amide bonds. The highest BCUT2D eigenvalue weighted by Crippen LogP contribution is 2.25. The van der Waals surface area contributed by atoms with E-state index in [2.05, 4.69) is 0 Å². The molecule has 0 N–H and O–H groups in total. The first-order valence-electron chi connectivity index (χ1n) is 6.41. The molecule has 0 fully saturated rings. The summed E-state index contributed by atoms with van der Waals surface area (Å²) in [5, 5.41) is 11.6. The van der Waals surface area contributed by atoms with Crippen LogP contribution in [-0.2, 0) is 0 Å². The minimum atomic E-state index is -1.31. The van der Waals surface area contributed by atoms with Crippen LogP contribution in [0.2, 0.25) is 0 Å². The maximum atomic E-state index is 12.2. The van der Waals surface area contributed by atoms with Crippen LogP contribution in [0, 0.1) is 6.92 Å². The molecule has 0 saturated heterocycles. The molecule has 0 saturated carbocycles. The van der Waals surface area contributed by atoms with E-state index in [0.717, 1.165) is 5.56 Å². The highest BCUT2D eigenvalue weighted by molar-refractivity contribution is 5.94. The van der Waals surface area contributed by atoms with E-state index in [0.29, 0.717) is 16.5 Å². The number of benzene rings is 2. The standard InChI is InChI=1S/C17H12O4/c1-10-6-7-15-13(8-10)14(18)9-16(21-15)11-4-2-3-5-12(11)17(19)20/h2-9H,1H3,(H,19,20)/p-1. The second-order valence-corrected chi connectivity index (χ2v) is 4.81. The van der Waals surface area contributed by atoms with Gasteiger partial charge in [-0.05, 0) is 19.1 Å². The van der Waals surface area contributed by atoms with E-state index in [1.165, 1.54) is 12.1 Å². The molecular formula is C17H11O4-. The third-order valence-electron chi connectivity index (χ3n) is 3.30. The highest BCUT2D eigenvalue weighted by atomic mass is 16.4. The van der Waals surface area contributed by atoms with Gasteiger partial charge in [-0.15, -0.1) is 0 Å². The number of rotatable bonds is 2. The highest BCUT2D eigenvalue weighted by Gasteiger charge is 2.11. The summed E-state index contributed by atoms with van der Waals surface area (Å²) in [5.41, 5.74) is 1.50. The number of carbonyl (C=O) groups is 1. The number of hydrogen-bond acceptors (Lipinski definition) is 4. The van der Waals surface area contributed by atoms with Crippen LogP contribution in [0.1, 0.15) is 15.9 Å². The molecular weight excluding hydrogens is 268 g/mol. The second kappa shape index (κ2) is 4.90. The Morgan fingerprint density at radius 3 is 2.62 bits per heavy atom. The molecule has 4 nitrogen and oxygen atoms in total. The molecule has 4 heteroatoms. The van der Waals surface area contributed by atoms with Crippen molar-refractivity contribution in [1.29, 1.82) is 0 Å². The van der Waals surface area contributed by atoms with Crippen LogP contribution < -0.4 is 10.5 Å². The fourth-order valence-electron chi connectivity index (χ4n) is 2.28. The van der Waals surface area contributed by atoms with Crippen LogP contribution in [0.5, 0.6) is 0 Å². The lowest BCUT2D eigenvalue weighted by atomic mass is 10.0. The Bertz CT molecular complexity index is 906. The van der Waals surface area contributed by atoms with Gasteiger partial charge in [0, 0.05) is 17.2 Å². The van der Waals surface area contributed by atoms with Crippen LogP contribution in [-0.4, -0.2) is 5.97 Å². The Morgan fingerprint density at radius 1 is 1.10 bits per heavy atom. The predicted molar refractivity (Wildman–Crippen MR) is 77.0 cm³/mol. The van der Waals surface area contributed by atoms with E-state index in [9.17, 15) is 14.7 Å². The minimum Gasteiger partial charge on any atom is -0.545 e. The maximum Gasteiger partial charge on any atom is 0.193 e. The predicted octanol–water partition coefficient (Wildman–Crippen LogP) is 2.13. The van der Waals surface area contributed by atoms with Gasteiger partial charge in [0.1, 0.15) is 11.3 Å². The third kappa shape index (κ3) is 2.31. The third-order valence-corrected chi connectivity index (χ3v) is 3.30. The molecule has 21 heavy (non-hydrogen) atoms. The molecule has 0 aliphatic rings. The quantitative estimate of drug-likeness (QED) is 0.720. The monoisotopic (exact) mass is 279 g/mol. The molecule has 1 heterocycles. The maximum absolute atomic E-state index is 12.2. The summed E-state index contributed by atoms with van der Waals surface area (Å²) in [6.45, 7) is 1.89. The van der Waals surface area contributed by atoms with Crippen molar-refractivity contribution in [2.45, 2.75) is 6.92 Å². The fraction of sp³-hybridized carbons (Fsp3) is 0.0588. The zero-order valence-electron chi connectivity index (χ0n) is 11.3. The lowest BCUT2D eigenvalue weighted by Crippen LogP contribution is -2.23. The van der Waals surface area contributed by atoms with Gasteiger partial charge >= 0.3 is 0 Å². The second-order valence-electron chi connectivity index (χ2n) is 4.81. The summed E-state index contributed by atoms with van der Waals surface area (Å²) in [7, 11) is 0. The number of aromatic carboxylic acids is 1. The van der Waals surface area contributed by atoms with Gasteiger partial charge in [-0.25, -0.2) is 0 Å². The van der Waals surface area contributed by atoms with E-state index in [4.69, 9.17) is 4.42 Å². The first-order valence-corrected chi connectivity index (χ1v) is 6.41. The van der Waals surface area contributed by atoms with Crippen molar-refractivity contribution < 1.29 is 14.3 Å². The van der Waals surface area contributed by atoms with E-state index >= 15 is 0 Å². The van der Waals surface area contributed by atoms with E-state index < -0.39 is 5.97 Å². The lowest BCUT2D eigenvalue weighted by Gasteiger charge is -2.10. The Kier molecular flexibility index (Phi) is 3.06. The molecule has 3 rings (SSSR count). The average Bonchev–Trinajstić information content (AvgIpc) is 2.47. The van der Waals surface area contributed by atoms with Gasteiger partial charge in [0.15, 0.2) is 5.43 Å². The summed E-state index contributed by atoms with van der Waals surface area (Å²) in [6.07, 6.45) is 0. The smallest absolute Gasteiger partial charge is 0.193 e. The van der Waals surface area contributed by atoms with Crippen molar-refractivity contribution in [1.82, 2.24) is 0 Å². The van der Waals surface area contributed by atoms with E-state index in [1.54, 1.807) is 30.3 Å². The Labute approximate surface area is 120 Å². The average molecular weight is 279 g/mol. The molecule has 0 radical (unpaired) electrons. The molecule has 0 aliphatic carbocycles. The topological polar surface area (TPSA) is 70.3 Å². The van der Waals surface area contributed by atoms with Gasteiger partial charge in [-0.2, -0.15) is 0 Å². The molecule has 104 valence electrons. The summed E-state index contributed by atoms with van der Waals surface area (Å²) >= 11 is 0. The molecule has 0 aliphatic heterocycles. The van der Waals surface area contributed by atoms with Crippen molar-refractivity contribution in [2.24, 2.45) is 0 Å². The van der Waals surface area contributed by atoms with Gasteiger partial charge in [-0.3, -0.25) is 4.79 Å². The number of carboxylic acids is 1. The number of hydrogen-bond donors (Lipinski definition) is 0. The van der Waals surface area contributed by atoms with Crippen LogP contribution >= 0.6 is 0 Å². The summed E-state index contributed by atoms with van der Waals surface area (Å²) in [5.74, 6) is -1.09. The van der Waals surface area contributed by atoms with Gasteiger partial charge < -0.3 is 14.3 Å². The summed E-state index contributed by atoms with van der Waals surface area (Å²) in [4.78, 5) is 23.3. The number of fused-ring (bicyclic) bond motifs is 1. The fourth-order valence-corrected chi connectivity index (χ4v) is 2.28. The first kappa shape index (κ1) is 13.1. The van der Waals surface area contributed by atoms with Crippen molar-refractivity contribution in [3.05, 3.63) is 69.9 Å². The molecule has 0 bridgehead atoms. The SMILES string of the molecule is Cc1ccc2oc(-c3ccccc3C(=O)[O-])cc(=O)c2c1. The Hall–Kier alpha value is -2.88. The van der Waals surface area contributed by atoms with E-state index in [1.807, 2.05) is 13.0 Å². The normalized spacial score (nSPS) is 10.7. The lowest BCUT2D eigenvalue weighted by molar-refractivity contribution is -0.254. The Balaban J connectivity index is 2.30. The van der Waals surface area contributed by atoms with Gasteiger partial charge in [0.05, 0.1) is 11.4 Å².